The average Bonchev–Trinajstić information content (AvgIpc) is 3.40. The minimum atomic E-state index is -7.22. The van der Waals surface area contributed by atoms with Crippen LogP contribution in [0.4, 0.5) is 87.8 Å². The Morgan fingerprint density at radius 1 is 0.338 bits per heavy atom. The highest BCUT2D eigenvalue weighted by atomic mass is 19.2. The van der Waals surface area contributed by atoms with Gasteiger partial charge in [-0.05, 0) is 28.3 Å². The summed E-state index contributed by atoms with van der Waals surface area (Å²) in [6.45, 7) is 0.653. The van der Waals surface area contributed by atoms with Crippen molar-refractivity contribution < 1.29 is 97.2 Å². The molecule has 0 spiro atoms. The Morgan fingerprint density at radius 2 is 0.662 bits per heavy atom. The summed E-state index contributed by atoms with van der Waals surface area (Å²) >= 11 is 0. The van der Waals surface area contributed by atoms with Crippen molar-refractivity contribution in [1.29, 1.82) is 0 Å². The second-order valence-electron chi connectivity index (χ2n) is 16.1. The van der Waals surface area contributed by atoms with Crippen molar-refractivity contribution in [1.82, 2.24) is 0 Å². The van der Waals surface area contributed by atoms with Crippen LogP contribution in [0.3, 0.4) is 0 Å². The summed E-state index contributed by atoms with van der Waals surface area (Å²) in [7, 11) is 0. The van der Waals surface area contributed by atoms with E-state index in [1.165, 1.54) is 5.56 Å². The summed E-state index contributed by atoms with van der Waals surface area (Å²) < 4.78 is 296. The van der Waals surface area contributed by atoms with Gasteiger partial charge in [-0.25, -0.2) is 87.8 Å². The number of rotatable bonds is 8. The van der Waals surface area contributed by atoms with Gasteiger partial charge in [0.2, 0.25) is 0 Å². The number of aromatic nitrogens is 1. The van der Waals surface area contributed by atoms with Gasteiger partial charge in [0.1, 0.15) is 52.7 Å². The second-order valence-corrected chi connectivity index (χ2v) is 16.1. The number of hydrogen-bond acceptors (Lipinski definition) is 1. The molecule has 0 N–H and O–H groups in total. The van der Waals surface area contributed by atoms with E-state index in [0.717, 1.165) is 27.2 Å². The molecular weight excluding hydrogens is 1030 g/mol. The molecule has 0 saturated heterocycles. The molecule has 0 unspecified atom stereocenters. The molecular formula is C51H20BF20NO. The number of carbonyl (C=O) groups is 1. The molecule has 0 saturated carbocycles. The monoisotopic (exact) mass is 1050 g/mol. The van der Waals surface area contributed by atoms with Gasteiger partial charge in [-0.2, -0.15) is 4.57 Å². The van der Waals surface area contributed by atoms with Crippen LogP contribution in [0.2, 0.25) is 0 Å². The topological polar surface area (TPSA) is 20.9 Å². The predicted octanol–water partition coefficient (Wildman–Crippen LogP) is 11.4. The molecule has 9 aromatic rings. The molecule has 0 atom stereocenters. The third-order valence-corrected chi connectivity index (χ3v) is 12.1. The Kier molecular flexibility index (Phi) is 13.8. The van der Waals surface area contributed by atoms with Crippen molar-refractivity contribution in [2.45, 2.75) is 6.54 Å². The maximum absolute atomic E-state index is 15.4. The zero-order valence-electron chi connectivity index (χ0n) is 36.1. The molecule has 9 rings (SSSR count). The van der Waals surface area contributed by atoms with E-state index < -0.39 is 144 Å². The lowest BCUT2D eigenvalue weighted by Gasteiger charge is -2.44. The minimum absolute atomic E-state index is 0.0449. The minimum Gasteiger partial charge on any atom is -0.282 e. The van der Waals surface area contributed by atoms with E-state index >= 15 is 35.1 Å². The Morgan fingerprint density at radius 3 is 1.05 bits per heavy atom. The van der Waals surface area contributed by atoms with Gasteiger partial charge in [0.25, 0.3) is 11.5 Å². The van der Waals surface area contributed by atoms with Crippen LogP contribution >= 0.6 is 0 Å². The lowest BCUT2D eigenvalue weighted by Crippen LogP contribution is -2.81. The normalized spacial score (nSPS) is 11.6. The van der Waals surface area contributed by atoms with E-state index in [1.54, 1.807) is 0 Å². The van der Waals surface area contributed by atoms with Crippen LogP contribution in [-0.2, 0) is 6.54 Å². The van der Waals surface area contributed by atoms with Gasteiger partial charge in [-0.1, -0.05) is 84.9 Å². The summed E-state index contributed by atoms with van der Waals surface area (Å²) in [6.07, 6.45) is -5.20. The van der Waals surface area contributed by atoms with Crippen LogP contribution in [0.1, 0.15) is 21.6 Å². The molecule has 0 aliphatic rings. The number of nitrogens with zero attached hydrogens (tertiary/aromatic N) is 1. The Hall–Kier alpha value is -8.24. The molecule has 2 nitrogen and oxygen atoms in total. The third-order valence-electron chi connectivity index (χ3n) is 12.1. The van der Waals surface area contributed by atoms with Crippen molar-refractivity contribution in [3.63, 3.8) is 0 Å². The molecule has 74 heavy (non-hydrogen) atoms. The first-order valence-electron chi connectivity index (χ1n) is 20.7. The fourth-order valence-electron chi connectivity index (χ4n) is 8.76. The number of fused-ring (bicyclic) bond motifs is 2. The molecule has 0 fully saturated rings. The van der Waals surface area contributed by atoms with Crippen LogP contribution in [0.5, 0.6) is 0 Å². The van der Waals surface area contributed by atoms with Crippen molar-refractivity contribution >= 4 is 55.3 Å². The quantitative estimate of drug-likeness (QED) is 0.0371. The molecule has 0 bridgehead atoms. The summed E-state index contributed by atoms with van der Waals surface area (Å²) in [5, 5.41) is 4.26. The highest BCUT2D eigenvalue weighted by Gasteiger charge is 2.52. The molecule has 0 radical (unpaired) electrons. The number of benzene rings is 8. The molecule has 0 amide bonds. The first kappa shape index (κ1) is 52.1. The maximum Gasteiger partial charge on any atom is 0.261 e. The summed E-state index contributed by atoms with van der Waals surface area (Å²) in [5.74, 6) is -71.4. The smallest absolute Gasteiger partial charge is 0.261 e. The van der Waals surface area contributed by atoms with Gasteiger partial charge in [-0.15, -0.1) is 21.9 Å². The van der Waals surface area contributed by atoms with Gasteiger partial charge in [0.15, 0.2) is 82.5 Å². The van der Waals surface area contributed by atoms with Crippen molar-refractivity contribution in [2.75, 3.05) is 0 Å². The number of halogens is 20. The third kappa shape index (κ3) is 8.13. The van der Waals surface area contributed by atoms with Crippen molar-refractivity contribution in [3.8, 4) is 0 Å². The maximum atomic E-state index is 15.4. The van der Waals surface area contributed by atoms with Crippen LogP contribution in [0.15, 0.2) is 109 Å². The first-order valence-corrected chi connectivity index (χ1v) is 20.7. The zero-order valence-corrected chi connectivity index (χ0v) is 36.1. The van der Waals surface area contributed by atoms with Gasteiger partial charge in [0.05, 0.1) is 5.39 Å². The Bertz CT molecular complexity index is 3420. The highest BCUT2D eigenvalue weighted by molar-refractivity contribution is 7.20. The van der Waals surface area contributed by atoms with Gasteiger partial charge in [0, 0.05) is 17.2 Å². The lowest BCUT2D eigenvalue weighted by molar-refractivity contribution is -0.688. The summed E-state index contributed by atoms with van der Waals surface area (Å²) in [4.78, 5) is 13.7. The molecule has 378 valence electrons. The molecule has 23 heteroatoms. The standard InChI is InChI=1S/C27H20NO.C24BF20/c29-27(24-15-14-21-10-4-5-12-23(21)18-24)26-25-13-7-6-11-22(25)16-17-28(26)19-20-8-2-1-3-9-20;26-5-1(6(27)14(35)21(42)13(5)34)25(2-7(28)15(36)22(43)16(37)8(2)29,3-9(30)17(38)23(44)18(39)10(3)31)4-11(32)19(40)24(45)20(41)12(4)33/h1-18H,19H2;/q+1;-1. The number of ketones is 1. The van der Waals surface area contributed by atoms with Gasteiger partial charge < -0.3 is 0 Å². The number of pyridine rings is 1. The van der Waals surface area contributed by atoms with E-state index in [-0.39, 0.29) is 5.78 Å². The predicted molar refractivity (Wildman–Crippen MR) is 226 cm³/mol. The average molecular weight is 1050 g/mol. The lowest BCUT2D eigenvalue weighted by atomic mass is 9.12. The fraction of sp³-hybridized carbons (Fsp3) is 0.0196. The molecule has 1 heterocycles. The van der Waals surface area contributed by atoms with E-state index in [4.69, 9.17) is 0 Å². The van der Waals surface area contributed by atoms with Crippen molar-refractivity contribution in [2.24, 2.45) is 0 Å². The number of carbonyl (C=O) groups excluding carboxylic acids is 1. The molecule has 0 aliphatic carbocycles. The summed E-state index contributed by atoms with van der Waals surface area (Å²) in [6, 6.07) is 34.5. The Labute approximate surface area is 400 Å². The van der Waals surface area contributed by atoms with Crippen molar-refractivity contribution in [3.05, 3.63) is 242 Å². The zero-order chi connectivity index (χ0) is 54.0. The van der Waals surface area contributed by atoms with E-state index in [2.05, 4.69) is 34.9 Å². The summed E-state index contributed by atoms with van der Waals surface area (Å²) in [5.41, 5.74) is -11.7. The molecule has 1 aromatic heterocycles. The van der Waals surface area contributed by atoms with Crippen LogP contribution in [-0.4, -0.2) is 11.9 Å². The van der Waals surface area contributed by atoms with Crippen LogP contribution in [0, 0.1) is 116 Å². The van der Waals surface area contributed by atoms with E-state index in [0.29, 0.717) is 12.1 Å². The van der Waals surface area contributed by atoms with Crippen LogP contribution in [0.25, 0.3) is 21.5 Å². The largest absolute Gasteiger partial charge is 0.282 e. The van der Waals surface area contributed by atoms with E-state index in [1.807, 2.05) is 79.0 Å². The highest BCUT2D eigenvalue weighted by Crippen LogP contribution is 2.31. The second kappa shape index (κ2) is 19.6. The SMILES string of the molecule is Fc1c(F)c(F)c([B-](c2c(F)c(F)c(F)c(F)c2F)(c2c(F)c(F)c(F)c(F)c2F)c2c(F)c(F)c(F)c(F)c2F)c(F)c1F.O=C(c1ccc2ccccc2c1)c1c2ccccc2cc[n+]1Cc1ccccc1. The van der Waals surface area contributed by atoms with Gasteiger partial charge >= 0.3 is 0 Å². The van der Waals surface area contributed by atoms with E-state index in [9.17, 15) is 57.5 Å². The van der Waals surface area contributed by atoms with Crippen LogP contribution < -0.4 is 26.4 Å². The fourth-order valence-corrected chi connectivity index (χ4v) is 8.76. The Balaban J connectivity index is 0.000000215. The molecule has 8 aromatic carbocycles. The molecule has 0 aliphatic heterocycles. The number of hydrogen-bond donors (Lipinski definition) is 0. The first-order chi connectivity index (χ1) is 35.0. The van der Waals surface area contributed by atoms with Gasteiger partial charge in [-0.3, -0.25) is 4.79 Å².